The van der Waals surface area contributed by atoms with Crippen molar-refractivity contribution < 1.29 is 9.90 Å². The first-order valence-corrected chi connectivity index (χ1v) is 6.15. The second kappa shape index (κ2) is 9.79. The Labute approximate surface area is 101 Å². The molecule has 16 heavy (non-hydrogen) atoms. The van der Waals surface area contributed by atoms with E-state index in [1.54, 1.807) is 0 Å². The number of β-amino-alcohol motifs (C(OH)–C–C–N with tert-alkyl or cyclic N) is 1. The van der Waals surface area contributed by atoms with Crippen LogP contribution in [-0.2, 0) is 4.79 Å². The predicted octanol–water partition coefficient (Wildman–Crippen LogP) is 2.33. The van der Waals surface area contributed by atoms with Crippen molar-refractivity contribution in [2.45, 2.75) is 53.6 Å². The van der Waals surface area contributed by atoms with Gasteiger partial charge in [0, 0.05) is 19.5 Å². The van der Waals surface area contributed by atoms with Gasteiger partial charge in [0.15, 0.2) is 0 Å². The molecule has 1 N–H and O–H groups in total. The van der Waals surface area contributed by atoms with Crippen molar-refractivity contribution in [2.24, 2.45) is 5.41 Å². The summed E-state index contributed by atoms with van der Waals surface area (Å²) >= 11 is 0. The number of likely N-dealkylation sites (N-methyl/N-ethyl adjacent to an activating group) is 1. The maximum absolute atomic E-state index is 9.82. The lowest BCUT2D eigenvalue weighted by molar-refractivity contribution is -0.109. The number of aliphatic hydroxyl groups excluding tert-OH is 1. The Balaban J connectivity index is 0. The lowest BCUT2D eigenvalue weighted by Gasteiger charge is -2.11. The molecule has 0 amide bonds. The number of aldehydes is 1. The molecule has 0 aliphatic carbocycles. The van der Waals surface area contributed by atoms with Gasteiger partial charge in [-0.15, -0.1) is 0 Å². The van der Waals surface area contributed by atoms with Gasteiger partial charge in [-0.2, -0.15) is 0 Å². The van der Waals surface area contributed by atoms with Gasteiger partial charge in [0.2, 0.25) is 0 Å². The second-order valence-corrected chi connectivity index (χ2v) is 5.14. The van der Waals surface area contributed by atoms with Crippen molar-refractivity contribution in [3.05, 3.63) is 0 Å². The molecule has 1 heterocycles. The molecule has 0 aromatic carbocycles. The topological polar surface area (TPSA) is 40.5 Å². The maximum Gasteiger partial charge on any atom is 0.120 e. The largest absolute Gasteiger partial charge is 0.392 e. The van der Waals surface area contributed by atoms with Crippen LogP contribution in [0.2, 0.25) is 0 Å². The highest BCUT2D eigenvalue weighted by molar-refractivity contribution is 5.50. The summed E-state index contributed by atoms with van der Waals surface area (Å²) in [6.07, 6.45) is 2.52. The fourth-order valence-corrected chi connectivity index (χ4v) is 1.16. The van der Waals surface area contributed by atoms with Crippen molar-refractivity contribution >= 4 is 6.29 Å². The Kier molecular flexibility index (Phi) is 11.0. The van der Waals surface area contributed by atoms with Gasteiger partial charge in [0.05, 0.1) is 6.10 Å². The van der Waals surface area contributed by atoms with Crippen molar-refractivity contribution in [2.75, 3.05) is 20.1 Å². The Morgan fingerprint density at radius 2 is 1.88 bits per heavy atom. The molecule has 3 heteroatoms. The summed E-state index contributed by atoms with van der Waals surface area (Å²) in [5, 5.41) is 8.86. The molecule has 0 aromatic heterocycles. The smallest absolute Gasteiger partial charge is 0.120 e. The van der Waals surface area contributed by atoms with E-state index in [4.69, 9.17) is 5.11 Å². The summed E-state index contributed by atoms with van der Waals surface area (Å²) in [5.74, 6) is 0. The molecule has 3 nitrogen and oxygen atoms in total. The summed E-state index contributed by atoms with van der Waals surface area (Å²) in [6, 6.07) is 0. The highest BCUT2D eigenvalue weighted by Gasteiger charge is 2.15. The van der Waals surface area contributed by atoms with Gasteiger partial charge in [-0.3, -0.25) is 0 Å². The van der Waals surface area contributed by atoms with Crippen LogP contribution in [0, 0.1) is 5.41 Å². The van der Waals surface area contributed by atoms with Crippen LogP contribution in [0.1, 0.15) is 47.5 Å². The molecule has 1 fully saturated rings. The lowest BCUT2D eigenvalue weighted by atomic mass is 9.93. The van der Waals surface area contributed by atoms with Crippen molar-refractivity contribution in [3.8, 4) is 0 Å². The standard InChI is InChI=1S/C6H12O.C5H11NO.C2H6/c1-6(2,3)4-5-7;1-6-3-2-5(7)4-6;1-2/h5H,4H2,1-3H3;5,7H,2-4H2,1H3;1-2H3. The van der Waals surface area contributed by atoms with Gasteiger partial charge < -0.3 is 14.8 Å². The van der Waals surface area contributed by atoms with E-state index in [1.165, 1.54) is 0 Å². The van der Waals surface area contributed by atoms with Crippen molar-refractivity contribution in [1.82, 2.24) is 4.90 Å². The molecule has 98 valence electrons. The molecule has 1 saturated heterocycles. The molecule has 1 unspecified atom stereocenters. The SMILES string of the molecule is CC.CC(C)(C)CC=O.CN1CCC(O)C1. The Hall–Kier alpha value is -0.410. The third-order valence-corrected chi connectivity index (χ3v) is 2.06. The molecule has 1 aliphatic heterocycles. The molecule has 0 saturated carbocycles. The zero-order chi connectivity index (χ0) is 13.2. The second-order valence-electron chi connectivity index (χ2n) is 5.14. The summed E-state index contributed by atoms with van der Waals surface area (Å²) in [4.78, 5) is 12.0. The van der Waals surface area contributed by atoms with E-state index in [1.807, 2.05) is 41.7 Å². The van der Waals surface area contributed by atoms with Crippen LogP contribution in [0.5, 0.6) is 0 Å². The monoisotopic (exact) mass is 231 g/mol. The fourth-order valence-electron chi connectivity index (χ4n) is 1.16. The van der Waals surface area contributed by atoms with Gasteiger partial charge in [-0.05, 0) is 18.9 Å². The normalized spacial score (nSPS) is 20.3. The molecule has 1 aliphatic rings. The number of hydrogen-bond donors (Lipinski definition) is 1. The van der Waals surface area contributed by atoms with E-state index >= 15 is 0 Å². The number of likely N-dealkylation sites (tertiary alicyclic amines) is 1. The van der Waals surface area contributed by atoms with E-state index < -0.39 is 0 Å². The lowest BCUT2D eigenvalue weighted by Crippen LogP contribution is -2.15. The highest BCUT2D eigenvalue weighted by Crippen LogP contribution is 2.15. The van der Waals surface area contributed by atoms with E-state index in [2.05, 4.69) is 4.90 Å². The van der Waals surface area contributed by atoms with Gasteiger partial charge in [-0.1, -0.05) is 34.6 Å². The minimum Gasteiger partial charge on any atom is -0.392 e. The number of aliphatic hydroxyl groups is 1. The van der Waals surface area contributed by atoms with E-state index in [0.29, 0.717) is 6.42 Å². The quantitative estimate of drug-likeness (QED) is 0.704. The van der Waals surface area contributed by atoms with Crippen LogP contribution in [0.25, 0.3) is 0 Å². The van der Waals surface area contributed by atoms with Crippen molar-refractivity contribution in [3.63, 3.8) is 0 Å². The van der Waals surface area contributed by atoms with Crippen LogP contribution in [0.15, 0.2) is 0 Å². The third-order valence-electron chi connectivity index (χ3n) is 2.06. The van der Waals surface area contributed by atoms with Crippen LogP contribution in [0.3, 0.4) is 0 Å². The van der Waals surface area contributed by atoms with Crippen LogP contribution < -0.4 is 0 Å². The number of rotatable bonds is 1. The Morgan fingerprint density at radius 3 is 1.94 bits per heavy atom. The average Bonchev–Trinajstić information content (AvgIpc) is 2.52. The summed E-state index contributed by atoms with van der Waals surface area (Å²) < 4.78 is 0. The minimum absolute atomic E-state index is 0.0509. The van der Waals surface area contributed by atoms with E-state index in [9.17, 15) is 4.79 Å². The zero-order valence-corrected chi connectivity index (χ0v) is 11.8. The summed E-state index contributed by atoms with van der Waals surface area (Å²) in [7, 11) is 2.02. The average molecular weight is 231 g/mol. The maximum atomic E-state index is 9.82. The number of hydrogen-bond acceptors (Lipinski definition) is 3. The molecule has 0 aromatic rings. The molecular weight excluding hydrogens is 202 g/mol. The fraction of sp³-hybridized carbons (Fsp3) is 0.923. The first kappa shape index (κ1) is 18.0. The van der Waals surface area contributed by atoms with Crippen molar-refractivity contribution in [1.29, 1.82) is 0 Å². The summed E-state index contributed by atoms with van der Waals surface area (Å²) in [6.45, 7) is 12.0. The number of carbonyl (C=O) groups excluding carboxylic acids is 1. The number of nitrogens with zero attached hydrogens (tertiary/aromatic N) is 1. The van der Waals surface area contributed by atoms with Gasteiger partial charge in [0.1, 0.15) is 6.29 Å². The molecule has 1 rings (SSSR count). The van der Waals surface area contributed by atoms with Gasteiger partial charge in [0.25, 0.3) is 0 Å². The van der Waals surface area contributed by atoms with Crippen LogP contribution in [0.4, 0.5) is 0 Å². The first-order valence-electron chi connectivity index (χ1n) is 6.15. The highest BCUT2D eigenvalue weighted by atomic mass is 16.3. The molecule has 1 atom stereocenters. The molecular formula is C13H29NO2. The summed E-state index contributed by atoms with van der Waals surface area (Å²) in [5.41, 5.74) is 0.182. The van der Waals surface area contributed by atoms with Gasteiger partial charge >= 0.3 is 0 Å². The molecule has 0 spiro atoms. The number of carbonyl (C=O) groups is 1. The Bertz CT molecular complexity index is 156. The third kappa shape index (κ3) is 13.6. The zero-order valence-electron chi connectivity index (χ0n) is 11.8. The van der Waals surface area contributed by atoms with Crippen LogP contribution >= 0.6 is 0 Å². The van der Waals surface area contributed by atoms with E-state index in [0.717, 1.165) is 25.8 Å². The van der Waals surface area contributed by atoms with Gasteiger partial charge in [-0.25, -0.2) is 0 Å². The molecule has 0 bridgehead atoms. The Morgan fingerprint density at radius 1 is 1.38 bits per heavy atom. The van der Waals surface area contributed by atoms with Crippen LogP contribution in [-0.4, -0.2) is 42.5 Å². The molecule has 0 radical (unpaired) electrons. The predicted molar refractivity (Wildman–Crippen MR) is 69.6 cm³/mol. The minimum atomic E-state index is -0.0509. The van der Waals surface area contributed by atoms with E-state index in [-0.39, 0.29) is 11.5 Å². The first-order chi connectivity index (χ1) is 7.35.